The molecule has 2 atom stereocenters. The number of rotatable bonds is 5. The summed E-state index contributed by atoms with van der Waals surface area (Å²) in [7, 11) is 1.61. The van der Waals surface area contributed by atoms with E-state index in [9.17, 15) is 14.3 Å². The lowest BCUT2D eigenvalue weighted by Gasteiger charge is -2.24. The van der Waals surface area contributed by atoms with Crippen molar-refractivity contribution in [1.82, 2.24) is 14.7 Å². The maximum atomic E-state index is 13.1. The molecule has 1 saturated heterocycles. The van der Waals surface area contributed by atoms with Crippen LogP contribution in [-0.2, 0) is 11.3 Å². The number of nitrogens with zero attached hydrogens (tertiary/aromatic N) is 3. The van der Waals surface area contributed by atoms with Crippen LogP contribution in [0.2, 0.25) is 0 Å². The standard InChI is InChI=1S/C17H20FN3O3/c1-24-9-8-20-7-6-15(19-20)17(23)21-11-14(22)10-16(21)12-2-4-13(18)5-3-12/h2-7,14,16,22H,8-11H2,1H3. The quantitative estimate of drug-likeness (QED) is 0.903. The number of likely N-dealkylation sites (tertiary alicyclic amines) is 1. The Morgan fingerprint density at radius 2 is 2.12 bits per heavy atom. The zero-order valence-electron chi connectivity index (χ0n) is 13.4. The molecule has 1 aliphatic heterocycles. The van der Waals surface area contributed by atoms with Crippen molar-refractivity contribution in [3.8, 4) is 0 Å². The van der Waals surface area contributed by atoms with Crippen LogP contribution in [0.4, 0.5) is 4.39 Å². The van der Waals surface area contributed by atoms with Crippen LogP contribution in [0.3, 0.4) is 0 Å². The van der Waals surface area contributed by atoms with Gasteiger partial charge in [0.1, 0.15) is 11.5 Å². The second-order valence-electron chi connectivity index (χ2n) is 5.87. The van der Waals surface area contributed by atoms with Gasteiger partial charge in [0.15, 0.2) is 0 Å². The van der Waals surface area contributed by atoms with Gasteiger partial charge < -0.3 is 14.7 Å². The zero-order chi connectivity index (χ0) is 17.1. The minimum Gasteiger partial charge on any atom is -0.391 e. The minimum absolute atomic E-state index is 0.239. The van der Waals surface area contributed by atoms with Crippen LogP contribution in [0.15, 0.2) is 36.5 Å². The van der Waals surface area contributed by atoms with E-state index in [0.29, 0.717) is 25.3 Å². The second kappa shape index (κ2) is 7.11. The smallest absolute Gasteiger partial charge is 0.274 e. The van der Waals surface area contributed by atoms with Crippen molar-refractivity contribution in [2.45, 2.75) is 25.1 Å². The molecule has 1 aromatic heterocycles. The molecule has 0 saturated carbocycles. The molecule has 1 aliphatic rings. The fraction of sp³-hybridized carbons (Fsp3) is 0.412. The Bertz CT molecular complexity index is 701. The number of aliphatic hydroxyl groups excluding tert-OH is 1. The number of halogens is 1. The fourth-order valence-corrected chi connectivity index (χ4v) is 2.97. The highest BCUT2D eigenvalue weighted by Gasteiger charge is 2.36. The highest BCUT2D eigenvalue weighted by atomic mass is 19.1. The molecule has 2 unspecified atom stereocenters. The molecule has 2 heterocycles. The van der Waals surface area contributed by atoms with Gasteiger partial charge >= 0.3 is 0 Å². The molecular weight excluding hydrogens is 313 g/mol. The number of β-amino-alcohol motifs (C(OH)–C–C–N with tert-alkyl or cyclic N) is 1. The summed E-state index contributed by atoms with van der Waals surface area (Å²) in [5.41, 5.74) is 1.13. The van der Waals surface area contributed by atoms with Crippen molar-refractivity contribution in [1.29, 1.82) is 0 Å². The summed E-state index contributed by atoms with van der Waals surface area (Å²) in [6, 6.07) is 7.40. The summed E-state index contributed by atoms with van der Waals surface area (Å²) in [5.74, 6) is -0.566. The van der Waals surface area contributed by atoms with Gasteiger partial charge in [0.05, 0.1) is 25.3 Å². The molecule has 128 valence electrons. The van der Waals surface area contributed by atoms with E-state index in [-0.39, 0.29) is 24.3 Å². The molecule has 0 radical (unpaired) electrons. The third-order valence-corrected chi connectivity index (χ3v) is 4.18. The van der Waals surface area contributed by atoms with Gasteiger partial charge in [-0.15, -0.1) is 0 Å². The second-order valence-corrected chi connectivity index (χ2v) is 5.87. The molecule has 24 heavy (non-hydrogen) atoms. The molecule has 0 aliphatic carbocycles. The van der Waals surface area contributed by atoms with E-state index in [1.165, 1.54) is 12.1 Å². The Balaban J connectivity index is 1.79. The first-order valence-electron chi connectivity index (χ1n) is 7.85. The maximum absolute atomic E-state index is 13.1. The lowest BCUT2D eigenvalue weighted by Crippen LogP contribution is -2.32. The van der Waals surface area contributed by atoms with Gasteiger partial charge in [-0.05, 0) is 30.2 Å². The molecule has 1 N–H and O–H groups in total. The molecule has 0 spiro atoms. The lowest BCUT2D eigenvalue weighted by molar-refractivity contribution is 0.0708. The summed E-state index contributed by atoms with van der Waals surface area (Å²) in [6.07, 6.45) is 1.56. The van der Waals surface area contributed by atoms with Crippen molar-refractivity contribution < 1.29 is 19.0 Å². The van der Waals surface area contributed by atoms with Gasteiger partial charge in [0.2, 0.25) is 0 Å². The lowest BCUT2D eigenvalue weighted by atomic mass is 10.0. The van der Waals surface area contributed by atoms with Crippen molar-refractivity contribution in [3.05, 3.63) is 53.6 Å². The van der Waals surface area contributed by atoms with Crippen LogP contribution in [0.5, 0.6) is 0 Å². The Morgan fingerprint density at radius 1 is 1.38 bits per heavy atom. The molecule has 3 rings (SSSR count). The summed E-state index contributed by atoms with van der Waals surface area (Å²) >= 11 is 0. The Labute approximate surface area is 139 Å². The molecule has 1 fully saturated rings. The number of aliphatic hydroxyl groups is 1. The number of carbonyl (C=O) groups excluding carboxylic acids is 1. The van der Waals surface area contributed by atoms with E-state index in [4.69, 9.17) is 4.74 Å². The Morgan fingerprint density at radius 3 is 2.83 bits per heavy atom. The van der Waals surface area contributed by atoms with Crippen LogP contribution < -0.4 is 0 Å². The number of benzene rings is 1. The van der Waals surface area contributed by atoms with E-state index in [1.807, 2.05) is 0 Å². The first kappa shape index (κ1) is 16.6. The number of ether oxygens (including phenoxy) is 1. The zero-order valence-corrected chi connectivity index (χ0v) is 13.4. The van der Waals surface area contributed by atoms with Crippen LogP contribution in [0.1, 0.15) is 28.5 Å². The predicted octanol–water partition coefficient (Wildman–Crippen LogP) is 1.62. The predicted molar refractivity (Wildman–Crippen MR) is 84.9 cm³/mol. The third kappa shape index (κ3) is 3.47. The van der Waals surface area contributed by atoms with Gasteiger partial charge in [0, 0.05) is 19.9 Å². The van der Waals surface area contributed by atoms with E-state index < -0.39 is 6.10 Å². The Kier molecular flexibility index (Phi) is 4.92. The van der Waals surface area contributed by atoms with E-state index >= 15 is 0 Å². The van der Waals surface area contributed by atoms with E-state index in [0.717, 1.165) is 5.56 Å². The van der Waals surface area contributed by atoms with Gasteiger partial charge in [-0.2, -0.15) is 5.10 Å². The van der Waals surface area contributed by atoms with Gasteiger partial charge in [-0.1, -0.05) is 12.1 Å². The first-order chi connectivity index (χ1) is 11.6. The van der Waals surface area contributed by atoms with Gasteiger partial charge in [-0.25, -0.2) is 4.39 Å². The average molecular weight is 333 g/mol. The van der Waals surface area contributed by atoms with E-state index in [1.54, 1.807) is 41.1 Å². The van der Waals surface area contributed by atoms with Crippen LogP contribution in [0, 0.1) is 5.82 Å². The SMILES string of the molecule is COCCn1ccc(C(=O)N2CC(O)CC2c2ccc(F)cc2)n1. The van der Waals surface area contributed by atoms with Crippen molar-refractivity contribution >= 4 is 5.91 Å². The molecule has 7 heteroatoms. The number of hydrogen-bond donors (Lipinski definition) is 1. The number of aromatic nitrogens is 2. The summed E-state index contributed by atoms with van der Waals surface area (Å²) in [4.78, 5) is 14.4. The third-order valence-electron chi connectivity index (χ3n) is 4.18. The van der Waals surface area contributed by atoms with Crippen molar-refractivity contribution in [3.63, 3.8) is 0 Å². The summed E-state index contributed by atoms with van der Waals surface area (Å²) in [5, 5.41) is 14.3. The molecule has 1 amide bonds. The molecule has 0 bridgehead atoms. The average Bonchev–Trinajstić information content (AvgIpc) is 3.20. The summed E-state index contributed by atoms with van der Waals surface area (Å²) < 4.78 is 19.8. The molecular formula is C17H20FN3O3. The highest BCUT2D eigenvalue weighted by molar-refractivity contribution is 5.92. The van der Waals surface area contributed by atoms with Crippen LogP contribution in [0.25, 0.3) is 0 Å². The molecule has 2 aromatic rings. The monoisotopic (exact) mass is 333 g/mol. The summed E-state index contributed by atoms with van der Waals surface area (Å²) in [6.45, 7) is 1.32. The Hall–Kier alpha value is -2.25. The van der Waals surface area contributed by atoms with Gasteiger partial charge in [-0.3, -0.25) is 9.48 Å². The minimum atomic E-state index is -0.598. The van der Waals surface area contributed by atoms with Crippen LogP contribution >= 0.6 is 0 Å². The largest absolute Gasteiger partial charge is 0.391 e. The van der Waals surface area contributed by atoms with Crippen LogP contribution in [-0.4, -0.2) is 52.1 Å². The first-order valence-corrected chi connectivity index (χ1v) is 7.85. The molecule has 1 aromatic carbocycles. The van der Waals surface area contributed by atoms with E-state index in [2.05, 4.69) is 5.10 Å². The topological polar surface area (TPSA) is 67.6 Å². The highest BCUT2D eigenvalue weighted by Crippen LogP contribution is 2.33. The van der Waals surface area contributed by atoms with Gasteiger partial charge in [0.25, 0.3) is 5.91 Å². The van der Waals surface area contributed by atoms with Crippen molar-refractivity contribution in [2.75, 3.05) is 20.3 Å². The maximum Gasteiger partial charge on any atom is 0.274 e. The molecule has 6 nitrogen and oxygen atoms in total. The normalized spacial score (nSPS) is 20.5. The number of methoxy groups -OCH3 is 1. The van der Waals surface area contributed by atoms with Crippen molar-refractivity contribution in [2.24, 2.45) is 0 Å². The number of amides is 1. The number of carbonyl (C=O) groups is 1. The fourth-order valence-electron chi connectivity index (χ4n) is 2.97. The number of hydrogen-bond acceptors (Lipinski definition) is 4.